The SMILES string of the molecule is Cc1cnc(CCNC(=NCC(=O)N(C)C)NC2CC3CCC2C3)s1. The smallest absolute Gasteiger partial charge is 0.243 e. The van der Waals surface area contributed by atoms with Crippen LogP contribution in [-0.4, -0.2) is 55.0 Å². The standard InChI is InChI=1S/C18H29N5OS/c1-12-10-20-16(25-12)6-7-19-18(21-11-17(24)23(2)3)22-15-9-13-4-5-14(15)8-13/h10,13-15H,4-9,11H2,1-3H3,(H2,19,21,22). The molecule has 6 nitrogen and oxygen atoms in total. The topological polar surface area (TPSA) is 69.6 Å². The molecule has 2 aliphatic carbocycles. The monoisotopic (exact) mass is 363 g/mol. The first-order valence-electron chi connectivity index (χ1n) is 9.17. The van der Waals surface area contributed by atoms with Gasteiger partial charge in [0.15, 0.2) is 5.96 Å². The van der Waals surface area contributed by atoms with Crippen LogP contribution < -0.4 is 10.6 Å². The highest BCUT2D eigenvalue weighted by atomic mass is 32.1. The molecule has 0 aliphatic heterocycles. The molecular formula is C18H29N5OS. The van der Waals surface area contributed by atoms with Crippen LogP contribution in [0.15, 0.2) is 11.2 Å². The molecule has 0 radical (unpaired) electrons. The van der Waals surface area contributed by atoms with E-state index in [9.17, 15) is 4.79 Å². The number of aryl methyl sites for hydroxylation is 1. The molecule has 0 saturated heterocycles. The van der Waals surface area contributed by atoms with Gasteiger partial charge in [-0.25, -0.2) is 9.98 Å². The summed E-state index contributed by atoms with van der Waals surface area (Å²) < 4.78 is 0. The number of likely N-dealkylation sites (N-methyl/N-ethyl adjacent to an activating group) is 1. The summed E-state index contributed by atoms with van der Waals surface area (Å²) in [6.45, 7) is 3.03. The summed E-state index contributed by atoms with van der Waals surface area (Å²) in [6.07, 6.45) is 8.07. The Labute approximate surface area is 154 Å². The fraction of sp³-hybridized carbons (Fsp3) is 0.722. The normalized spacial score (nSPS) is 25.2. The summed E-state index contributed by atoms with van der Waals surface area (Å²) in [5, 5.41) is 8.11. The van der Waals surface area contributed by atoms with Crippen molar-refractivity contribution >= 4 is 23.2 Å². The molecule has 2 saturated carbocycles. The third kappa shape index (κ3) is 4.93. The number of hydrogen-bond donors (Lipinski definition) is 2. The minimum Gasteiger partial charge on any atom is -0.356 e. The first kappa shape index (κ1) is 18.2. The summed E-state index contributed by atoms with van der Waals surface area (Å²) in [4.78, 5) is 23.6. The Hall–Kier alpha value is -1.63. The Morgan fingerprint density at radius 2 is 2.24 bits per heavy atom. The van der Waals surface area contributed by atoms with E-state index in [2.05, 4.69) is 27.5 Å². The number of carbonyl (C=O) groups excluding carboxylic acids is 1. The molecule has 2 bridgehead atoms. The van der Waals surface area contributed by atoms with Crippen LogP contribution in [0.5, 0.6) is 0 Å². The lowest BCUT2D eigenvalue weighted by atomic mass is 9.95. The van der Waals surface area contributed by atoms with Crippen LogP contribution in [0.25, 0.3) is 0 Å². The minimum atomic E-state index is 0.0181. The molecule has 0 spiro atoms. The highest BCUT2D eigenvalue weighted by Gasteiger charge is 2.39. The van der Waals surface area contributed by atoms with Gasteiger partial charge >= 0.3 is 0 Å². The summed E-state index contributed by atoms with van der Waals surface area (Å²) in [7, 11) is 3.53. The lowest BCUT2D eigenvalue weighted by molar-refractivity contribution is -0.127. The summed E-state index contributed by atoms with van der Waals surface area (Å²) in [5.41, 5.74) is 0. The van der Waals surface area contributed by atoms with Gasteiger partial charge in [-0.3, -0.25) is 4.79 Å². The number of nitrogens with zero attached hydrogens (tertiary/aromatic N) is 3. The van der Waals surface area contributed by atoms with Gasteiger partial charge in [-0.15, -0.1) is 11.3 Å². The Morgan fingerprint density at radius 1 is 1.40 bits per heavy atom. The average Bonchev–Trinajstić information content (AvgIpc) is 3.29. The molecule has 2 fully saturated rings. The number of fused-ring (bicyclic) bond motifs is 2. The van der Waals surface area contributed by atoms with Crippen LogP contribution in [0.4, 0.5) is 0 Å². The quantitative estimate of drug-likeness (QED) is 0.597. The zero-order valence-electron chi connectivity index (χ0n) is 15.4. The van der Waals surface area contributed by atoms with Crippen LogP contribution >= 0.6 is 11.3 Å². The van der Waals surface area contributed by atoms with Gasteiger partial charge < -0.3 is 15.5 Å². The minimum absolute atomic E-state index is 0.0181. The molecule has 1 aromatic rings. The number of thiazole rings is 1. The molecular weight excluding hydrogens is 334 g/mol. The number of amides is 1. The fourth-order valence-corrected chi connectivity index (χ4v) is 4.63. The van der Waals surface area contributed by atoms with Crippen LogP contribution in [0, 0.1) is 18.8 Å². The van der Waals surface area contributed by atoms with E-state index in [1.54, 1.807) is 30.3 Å². The molecule has 1 amide bonds. The van der Waals surface area contributed by atoms with Crippen molar-refractivity contribution in [2.45, 2.75) is 45.1 Å². The van der Waals surface area contributed by atoms with Crippen LogP contribution in [0.2, 0.25) is 0 Å². The van der Waals surface area contributed by atoms with Crippen LogP contribution in [-0.2, 0) is 11.2 Å². The van der Waals surface area contributed by atoms with Gasteiger partial charge in [0.05, 0.1) is 5.01 Å². The molecule has 25 heavy (non-hydrogen) atoms. The second-order valence-electron chi connectivity index (χ2n) is 7.42. The van der Waals surface area contributed by atoms with E-state index < -0.39 is 0 Å². The molecule has 7 heteroatoms. The van der Waals surface area contributed by atoms with Crippen LogP contribution in [0.3, 0.4) is 0 Å². The number of carbonyl (C=O) groups is 1. The Kier molecular flexibility index (Phi) is 5.93. The van der Waals surface area contributed by atoms with Gasteiger partial charge in [-0.2, -0.15) is 0 Å². The van der Waals surface area contributed by atoms with Crippen molar-refractivity contribution in [2.75, 3.05) is 27.2 Å². The zero-order chi connectivity index (χ0) is 17.8. The van der Waals surface area contributed by atoms with Crippen LogP contribution in [0.1, 0.15) is 35.6 Å². The molecule has 3 atom stereocenters. The largest absolute Gasteiger partial charge is 0.356 e. The summed E-state index contributed by atoms with van der Waals surface area (Å²) >= 11 is 1.73. The second kappa shape index (κ2) is 8.17. The summed E-state index contributed by atoms with van der Waals surface area (Å²) in [5.74, 6) is 2.43. The van der Waals surface area contributed by atoms with Gasteiger partial charge in [0.2, 0.25) is 5.91 Å². The molecule has 1 aromatic heterocycles. The van der Waals surface area contributed by atoms with Gasteiger partial charge in [0.25, 0.3) is 0 Å². The number of nitrogens with one attached hydrogen (secondary N) is 2. The van der Waals surface area contributed by atoms with Gasteiger partial charge in [-0.05, 0) is 38.0 Å². The summed E-state index contributed by atoms with van der Waals surface area (Å²) in [6, 6.07) is 0.501. The molecule has 3 rings (SSSR count). The second-order valence-corrected chi connectivity index (χ2v) is 8.74. The third-order valence-corrected chi connectivity index (χ3v) is 6.20. The predicted octanol–water partition coefficient (Wildman–Crippen LogP) is 1.81. The van der Waals surface area contributed by atoms with E-state index in [1.807, 2.05) is 6.20 Å². The average molecular weight is 364 g/mol. The maximum Gasteiger partial charge on any atom is 0.243 e. The molecule has 2 aliphatic rings. The van der Waals surface area contributed by atoms with Crippen molar-refractivity contribution < 1.29 is 4.79 Å². The maximum absolute atomic E-state index is 11.9. The predicted molar refractivity (Wildman–Crippen MR) is 102 cm³/mol. The lowest BCUT2D eigenvalue weighted by Gasteiger charge is -2.25. The number of hydrogen-bond acceptors (Lipinski definition) is 4. The van der Waals surface area contributed by atoms with E-state index in [1.165, 1.54) is 30.6 Å². The number of rotatable bonds is 6. The maximum atomic E-state index is 11.9. The fourth-order valence-electron chi connectivity index (χ4n) is 3.84. The lowest BCUT2D eigenvalue weighted by Crippen LogP contribution is -2.46. The molecule has 138 valence electrons. The van der Waals surface area contributed by atoms with E-state index in [0.717, 1.165) is 35.8 Å². The van der Waals surface area contributed by atoms with Crippen molar-refractivity contribution in [3.63, 3.8) is 0 Å². The van der Waals surface area contributed by atoms with Crippen molar-refractivity contribution in [3.8, 4) is 0 Å². The molecule has 3 unspecified atom stereocenters. The number of aliphatic imine (C=N–C) groups is 1. The van der Waals surface area contributed by atoms with Gasteiger partial charge in [0, 0.05) is 44.2 Å². The van der Waals surface area contributed by atoms with E-state index in [4.69, 9.17) is 0 Å². The van der Waals surface area contributed by atoms with Crippen molar-refractivity contribution in [1.82, 2.24) is 20.5 Å². The number of aromatic nitrogens is 1. The zero-order valence-corrected chi connectivity index (χ0v) is 16.2. The Bertz CT molecular complexity index is 627. The first-order valence-corrected chi connectivity index (χ1v) is 9.99. The van der Waals surface area contributed by atoms with E-state index in [0.29, 0.717) is 6.04 Å². The number of guanidine groups is 1. The Balaban J connectivity index is 1.55. The van der Waals surface area contributed by atoms with E-state index >= 15 is 0 Å². The van der Waals surface area contributed by atoms with E-state index in [-0.39, 0.29) is 12.5 Å². The third-order valence-electron chi connectivity index (χ3n) is 5.23. The van der Waals surface area contributed by atoms with Crippen molar-refractivity contribution in [2.24, 2.45) is 16.8 Å². The Morgan fingerprint density at radius 3 is 2.84 bits per heavy atom. The highest BCUT2D eigenvalue weighted by Crippen LogP contribution is 2.44. The van der Waals surface area contributed by atoms with Gasteiger partial charge in [0.1, 0.15) is 6.54 Å². The first-order chi connectivity index (χ1) is 12.0. The molecule has 0 aromatic carbocycles. The molecule has 1 heterocycles. The highest BCUT2D eigenvalue weighted by molar-refractivity contribution is 7.11. The molecule has 2 N–H and O–H groups in total. The van der Waals surface area contributed by atoms with Gasteiger partial charge in [-0.1, -0.05) is 6.42 Å². The van der Waals surface area contributed by atoms with Crippen molar-refractivity contribution in [3.05, 3.63) is 16.1 Å². The van der Waals surface area contributed by atoms with Crippen molar-refractivity contribution in [1.29, 1.82) is 0 Å².